The van der Waals surface area contributed by atoms with Crippen LogP contribution in [0.15, 0.2) is 17.1 Å². The molecule has 0 spiro atoms. The van der Waals surface area contributed by atoms with Gasteiger partial charge in [-0.2, -0.15) is 0 Å². The van der Waals surface area contributed by atoms with Crippen molar-refractivity contribution < 1.29 is 9.90 Å². The monoisotopic (exact) mass is 213 g/mol. The molecule has 0 unspecified atom stereocenters. The topological polar surface area (TPSA) is 102 Å². The molecule has 0 aliphatic rings. The zero-order chi connectivity index (χ0) is 11.9. The first kappa shape index (κ1) is 13.6. The SMILES string of the molecule is CC(N)=NCCC=CC[C@@](C)(N)C(=O)O. The molecule has 0 aliphatic heterocycles. The van der Waals surface area contributed by atoms with Crippen LogP contribution in [0.5, 0.6) is 0 Å². The van der Waals surface area contributed by atoms with Crippen molar-refractivity contribution in [1.82, 2.24) is 0 Å². The highest BCUT2D eigenvalue weighted by molar-refractivity contribution is 5.78. The number of hydrogen-bond donors (Lipinski definition) is 3. The third kappa shape index (κ3) is 6.68. The quantitative estimate of drug-likeness (QED) is 0.259. The van der Waals surface area contributed by atoms with Crippen molar-refractivity contribution in [2.24, 2.45) is 16.5 Å². The second-order valence-corrected chi connectivity index (χ2v) is 3.71. The van der Waals surface area contributed by atoms with E-state index in [0.29, 0.717) is 18.8 Å². The van der Waals surface area contributed by atoms with Gasteiger partial charge in [0.15, 0.2) is 0 Å². The first-order valence-corrected chi connectivity index (χ1v) is 4.80. The van der Waals surface area contributed by atoms with E-state index >= 15 is 0 Å². The number of aliphatic imine (C=N–C) groups is 1. The summed E-state index contributed by atoms with van der Waals surface area (Å²) < 4.78 is 0. The Morgan fingerprint density at radius 2 is 2.13 bits per heavy atom. The lowest BCUT2D eigenvalue weighted by Crippen LogP contribution is -2.44. The van der Waals surface area contributed by atoms with Gasteiger partial charge in [0.2, 0.25) is 0 Å². The fourth-order valence-electron chi connectivity index (χ4n) is 0.849. The van der Waals surface area contributed by atoms with Crippen molar-refractivity contribution in [3.8, 4) is 0 Å². The van der Waals surface area contributed by atoms with Gasteiger partial charge in [-0.25, -0.2) is 0 Å². The largest absolute Gasteiger partial charge is 0.480 e. The lowest BCUT2D eigenvalue weighted by Gasteiger charge is -2.15. The summed E-state index contributed by atoms with van der Waals surface area (Å²) in [5, 5.41) is 8.72. The van der Waals surface area contributed by atoms with E-state index in [0.717, 1.165) is 6.42 Å². The average Bonchev–Trinajstić information content (AvgIpc) is 2.10. The van der Waals surface area contributed by atoms with Crippen LogP contribution in [0.2, 0.25) is 0 Å². The van der Waals surface area contributed by atoms with Gasteiger partial charge in [0.05, 0.1) is 5.84 Å². The Balaban J connectivity index is 3.81. The predicted octanol–water partition coefficient (Wildman–Crippen LogP) is 0.502. The van der Waals surface area contributed by atoms with E-state index in [1.165, 1.54) is 6.92 Å². The molecule has 5 nitrogen and oxygen atoms in total. The fourth-order valence-corrected chi connectivity index (χ4v) is 0.849. The number of rotatable bonds is 6. The Labute approximate surface area is 89.9 Å². The summed E-state index contributed by atoms with van der Waals surface area (Å²) >= 11 is 0. The predicted molar refractivity (Wildman–Crippen MR) is 60.8 cm³/mol. The van der Waals surface area contributed by atoms with E-state index in [2.05, 4.69) is 4.99 Å². The maximum absolute atomic E-state index is 10.6. The maximum Gasteiger partial charge on any atom is 0.323 e. The molecule has 0 saturated heterocycles. The molecule has 0 aromatic carbocycles. The minimum atomic E-state index is -1.19. The minimum Gasteiger partial charge on any atom is -0.480 e. The van der Waals surface area contributed by atoms with Gasteiger partial charge in [0, 0.05) is 6.54 Å². The molecule has 0 rings (SSSR count). The lowest BCUT2D eigenvalue weighted by atomic mass is 9.99. The number of nitrogens with zero attached hydrogens (tertiary/aromatic N) is 1. The Hall–Kier alpha value is -1.36. The van der Waals surface area contributed by atoms with Crippen molar-refractivity contribution in [2.45, 2.75) is 32.2 Å². The van der Waals surface area contributed by atoms with Gasteiger partial charge in [0.25, 0.3) is 0 Å². The van der Waals surface area contributed by atoms with E-state index < -0.39 is 11.5 Å². The molecule has 5 N–H and O–H groups in total. The molecule has 1 atom stereocenters. The van der Waals surface area contributed by atoms with Crippen LogP contribution < -0.4 is 11.5 Å². The van der Waals surface area contributed by atoms with Crippen LogP contribution in [0, 0.1) is 0 Å². The highest BCUT2D eigenvalue weighted by Crippen LogP contribution is 2.06. The van der Waals surface area contributed by atoms with Crippen LogP contribution in [0.4, 0.5) is 0 Å². The molecular weight excluding hydrogens is 194 g/mol. The zero-order valence-electron chi connectivity index (χ0n) is 9.23. The highest BCUT2D eigenvalue weighted by atomic mass is 16.4. The van der Waals surface area contributed by atoms with Gasteiger partial charge in [-0.1, -0.05) is 12.2 Å². The molecule has 5 heteroatoms. The van der Waals surface area contributed by atoms with Crippen molar-refractivity contribution in [2.75, 3.05) is 6.54 Å². The van der Waals surface area contributed by atoms with Crippen LogP contribution in [0.3, 0.4) is 0 Å². The third-order valence-electron chi connectivity index (χ3n) is 1.85. The Kier molecular flexibility index (Phi) is 5.62. The molecule has 15 heavy (non-hydrogen) atoms. The minimum absolute atomic E-state index is 0.313. The number of amidine groups is 1. The summed E-state index contributed by atoms with van der Waals surface area (Å²) in [7, 11) is 0. The second-order valence-electron chi connectivity index (χ2n) is 3.71. The summed E-state index contributed by atoms with van der Waals surface area (Å²) in [5.74, 6) is -0.444. The van der Waals surface area contributed by atoms with Crippen molar-refractivity contribution in [1.29, 1.82) is 0 Å². The van der Waals surface area contributed by atoms with Crippen LogP contribution in [0.25, 0.3) is 0 Å². The van der Waals surface area contributed by atoms with E-state index in [1.54, 1.807) is 13.0 Å². The summed E-state index contributed by atoms with van der Waals surface area (Å²) in [6, 6.07) is 0. The van der Waals surface area contributed by atoms with Gasteiger partial charge in [-0.3, -0.25) is 9.79 Å². The van der Waals surface area contributed by atoms with E-state index in [1.807, 2.05) is 6.08 Å². The van der Waals surface area contributed by atoms with E-state index in [9.17, 15) is 4.79 Å². The summed E-state index contributed by atoms with van der Waals surface area (Å²) in [6.45, 7) is 3.83. The number of hydrogen-bond acceptors (Lipinski definition) is 3. The first-order valence-electron chi connectivity index (χ1n) is 4.80. The maximum atomic E-state index is 10.6. The number of carboxylic acid groups (broad SMARTS) is 1. The van der Waals surface area contributed by atoms with E-state index in [4.69, 9.17) is 16.6 Å². The van der Waals surface area contributed by atoms with Crippen molar-refractivity contribution in [3.63, 3.8) is 0 Å². The van der Waals surface area contributed by atoms with Gasteiger partial charge >= 0.3 is 5.97 Å². The molecule has 0 aliphatic carbocycles. The molecule has 0 aromatic rings. The molecule has 0 saturated carbocycles. The van der Waals surface area contributed by atoms with Crippen molar-refractivity contribution >= 4 is 11.8 Å². The van der Waals surface area contributed by atoms with E-state index in [-0.39, 0.29) is 0 Å². The molecule has 86 valence electrons. The Bertz CT molecular complexity index is 266. The molecule has 0 radical (unpaired) electrons. The molecule has 0 fully saturated rings. The molecule has 0 aromatic heterocycles. The van der Waals surface area contributed by atoms with Crippen LogP contribution >= 0.6 is 0 Å². The lowest BCUT2D eigenvalue weighted by molar-refractivity contribution is -0.142. The average molecular weight is 213 g/mol. The van der Waals surface area contributed by atoms with Crippen LogP contribution in [-0.4, -0.2) is 29.0 Å². The standard InChI is InChI=1S/C10H19N3O2/c1-8(11)13-7-5-3-4-6-10(2,12)9(14)15/h3-4H,5-7,12H2,1-2H3,(H2,11,13)(H,14,15)/t10-/m1/s1. The number of carboxylic acids is 1. The summed E-state index contributed by atoms with van der Waals surface area (Å²) in [4.78, 5) is 14.6. The van der Waals surface area contributed by atoms with Crippen molar-refractivity contribution in [3.05, 3.63) is 12.2 Å². The molecular formula is C10H19N3O2. The van der Waals surface area contributed by atoms with Crippen LogP contribution in [-0.2, 0) is 4.79 Å². The van der Waals surface area contributed by atoms with Gasteiger partial charge in [-0.15, -0.1) is 0 Å². The summed E-state index contributed by atoms with van der Waals surface area (Å²) in [5.41, 5.74) is 9.68. The smallest absolute Gasteiger partial charge is 0.323 e. The molecule has 0 amide bonds. The zero-order valence-corrected chi connectivity index (χ0v) is 9.23. The van der Waals surface area contributed by atoms with Crippen LogP contribution in [0.1, 0.15) is 26.7 Å². The highest BCUT2D eigenvalue weighted by Gasteiger charge is 2.25. The second kappa shape index (κ2) is 6.19. The Morgan fingerprint density at radius 3 is 2.60 bits per heavy atom. The fraction of sp³-hybridized carbons (Fsp3) is 0.600. The van der Waals surface area contributed by atoms with Gasteiger partial charge in [0.1, 0.15) is 5.54 Å². The number of aliphatic carboxylic acids is 1. The molecule has 0 bridgehead atoms. The van der Waals surface area contributed by atoms with Gasteiger partial charge < -0.3 is 16.6 Å². The first-order chi connectivity index (χ1) is 6.86. The Morgan fingerprint density at radius 1 is 1.53 bits per heavy atom. The number of nitrogens with two attached hydrogens (primary N) is 2. The third-order valence-corrected chi connectivity index (χ3v) is 1.85. The summed E-state index contributed by atoms with van der Waals surface area (Å²) in [6.07, 6.45) is 4.67. The normalized spacial score (nSPS) is 16.6. The van der Waals surface area contributed by atoms with Gasteiger partial charge in [-0.05, 0) is 26.7 Å². The number of carbonyl (C=O) groups is 1. The molecule has 0 heterocycles.